The van der Waals surface area contributed by atoms with Crippen LogP contribution in [0.1, 0.15) is 0 Å². The minimum Gasteiger partial charge on any atom is -0.375 e. The van der Waals surface area contributed by atoms with Crippen molar-refractivity contribution in [2.45, 2.75) is 6.10 Å². The molecule has 0 spiro atoms. The summed E-state index contributed by atoms with van der Waals surface area (Å²) in [6.07, 6.45) is 0.796. The van der Waals surface area contributed by atoms with Gasteiger partial charge < -0.3 is 9.64 Å². The molecule has 1 radical (unpaired) electrons. The summed E-state index contributed by atoms with van der Waals surface area (Å²) < 4.78 is 5.10. The van der Waals surface area contributed by atoms with Crippen LogP contribution < -0.4 is 0 Å². The average Bonchev–Trinajstić information content (AvgIpc) is 1.88. The van der Waals surface area contributed by atoms with E-state index in [1.54, 1.807) is 4.90 Å². The van der Waals surface area contributed by atoms with E-state index in [0.29, 0.717) is 19.7 Å². The number of hydrogen-bond donors (Lipinski definition) is 0. The molecule has 0 saturated carbocycles. The van der Waals surface area contributed by atoms with Gasteiger partial charge in [0.25, 0.3) is 0 Å². The number of morpholine rings is 1. The number of amides is 1. The van der Waals surface area contributed by atoms with Crippen molar-refractivity contribution < 1.29 is 9.53 Å². The van der Waals surface area contributed by atoms with Gasteiger partial charge in [0.1, 0.15) is 0 Å². The lowest BCUT2D eigenvalue weighted by Gasteiger charge is -2.27. The van der Waals surface area contributed by atoms with E-state index in [0.717, 1.165) is 6.41 Å². The predicted molar refractivity (Wildman–Crippen MR) is 32.7 cm³/mol. The van der Waals surface area contributed by atoms with Gasteiger partial charge in [-0.05, 0) is 6.92 Å². The molecule has 0 aromatic rings. The van der Waals surface area contributed by atoms with E-state index in [2.05, 4.69) is 6.92 Å². The van der Waals surface area contributed by atoms with Crippen molar-refractivity contribution >= 4 is 6.41 Å². The number of hydrogen-bond acceptors (Lipinski definition) is 2. The van der Waals surface area contributed by atoms with Crippen LogP contribution in [0.2, 0.25) is 0 Å². The van der Waals surface area contributed by atoms with Gasteiger partial charge in [0.2, 0.25) is 6.41 Å². The van der Waals surface area contributed by atoms with E-state index in [4.69, 9.17) is 4.74 Å². The minimum absolute atomic E-state index is 0.0380. The van der Waals surface area contributed by atoms with Crippen molar-refractivity contribution in [2.75, 3.05) is 19.7 Å². The Bertz CT molecular complexity index is 105. The Hall–Kier alpha value is -0.570. The molecule has 0 aromatic carbocycles. The topological polar surface area (TPSA) is 29.5 Å². The summed E-state index contributed by atoms with van der Waals surface area (Å²) in [6, 6.07) is 0. The molecule has 1 unspecified atom stereocenters. The van der Waals surface area contributed by atoms with Crippen LogP contribution in [0.5, 0.6) is 0 Å². The maximum absolute atomic E-state index is 10.1. The standard InChI is InChI=1S/C6H10NO2/c1-6-4-7(5-8)2-3-9-6/h5-6H,1-4H2. The summed E-state index contributed by atoms with van der Waals surface area (Å²) in [5.41, 5.74) is 0. The van der Waals surface area contributed by atoms with Crippen LogP contribution in [0.3, 0.4) is 0 Å². The normalized spacial score (nSPS) is 28.1. The van der Waals surface area contributed by atoms with Gasteiger partial charge in [-0.3, -0.25) is 4.79 Å². The van der Waals surface area contributed by atoms with Gasteiger partial charge in [0.15, 0.2) is 0 Å². The fourth-order valence-corrected chi connectivity index (χ4v) is 0.838. The smallest absolute Gasteiger partial charge is 0.209 e. The van der Waals surface area contributed by atoms with Crippen LogP contribution in [0.25, 0.3) is 0 Å². The third-order valence-electron chi connectivity index (χ3n) is 1.32. The van der Waals surface area contributed by atoms with Gasteiger partial charge in [-0.25, -0.2) is 0 Å². The monoisotopic (exact) mass is 128 g/mol. The van der Waals surface area contributed by atoms with E-state index in [1.807, 2.05) is 0 Å². The van der Waals surface area contributed by atoms with Crippen molar-refractivity contribution in [3.8, 4) is 0 Å². The summed E-state index contributed by atoms with van der Waals surface area (Å²) in [6.45, 7) is 5.62. The number of carbonyl (C=O) groups excluding carboxylic acids is 1. The third kappa shape index (κ3) is 1.68. The third-order valence-corrected chi connectivity index (χ3v) is 1.32. The highest BCUT2D eigenvalue weighted by Crippen LogP contribution is 1.99. The maximum atomic E-state index is 10.1. The van der Waals surface area contributed by atoms with Crippen molar-refractivity contribution in [1.29, 1.82) is 0 Å². The first kappa shape index (κ1) is 6.55. The molecule has 0 N–H and O–H groups in total. The Morgan fingerprint density at radius 2 is 2.56 bits per heavy atom. The molecule has 9 heavy (non-hydrogen) atoms. The number of carbonyl (C=O) groups is 1. The molecule has 1 atom stereocenters. The van der Waals surface area contributed by atoms with Crippen LogP contribution in [0.4, 0.5) is 0 Å². The highest BCUT2D eigenvalue weighted by Gasteiger charge is 2.13. The van der Waals surface area contributed by atoms with Crippen molar-refractivity contribution in [2.24, 2.45) is 0 Å². The van der Waals surface area contributed by atoms with Crippen molar-refractivity contribution in [3.63, 3.8) is 0 Å². The quantitative estimate of drug-likeness (QED) is 0.453. The SMILES string of the molecule is [CH2]C1CN(C=O)CCO1. The highest BCUT2D eigenvalue weighted by atomic mass is 16.5. The summed E-state index contributed by atoms with van der Waals surface area (Å²) in [4.78, 5) is 11.8. The van der Waals surface area contributed by atoms with Crippen LogP contribution in [-0.2, 0) is 9.53 Å². The van der Waals surface area contributed by atoms with E-state index in [9.17, 15) is 4.79 Å². The molecule has 0 aliphatic carbocycles. The Kier molecular flexibility index (Phi) is 2.05. The van der Waals surface area contributed by atoms with Crippen molar-refractivity contribution in [3.05, 3.63) is 6.92 Å². The summed E-state index contributed by atoms with van der Waals surface area (Å²) in [5, 5.41) is 0. The van der Waals surface area contributed by atoms with Gasteiger partial charge in [-0.2, -0.15) is 0 Å². The molecule has 1 aliphatic heterocycles. The van der Waals surface area contributed by atoms with E-state index in [1.165, 1.54) is 0 Å². The number of rotatable bonds is 1. The number of ether oxygens (including phenoxy) is 1. The van der Waals surface area contributed by atoms with Crippen LogP contribution in [-0.4, -0.2) is 37.1 Å². The fraction of sp³-hybridized carbons (Fsp3) is 0.667. The minimum atomic E-state index is -0.0380. The molecule has 1 aliphatic rings. The van der Waals surface area contributed by atoms with Gasteiger partial charge >= 0.3 is 0 Å². The zero-order valence-corrected chi connectivity index (χ0v) is 5.25. The lowest BCUT2D eigenvalue weighted by molar-refractivity contribution is -0.123. The molecule has 1 heterocycles. The summed E-state index contributed by atoms with van der Waals surface area (Å²) >= 11 is 0. The first-order valence-corrected chi connectivity index (χ1v) is 2.97. The Morgan fingerprint density at radius 3 is 3.00 bits per heavy atom. The summed E-state index contributed by atoms with van der Waals surface area (Å²) in [5.74, 6) is 0. The lowest BCUT2D eigenvalue weighted by atomic mass is 10.3. The van der Waals surface area contributed by atoms with Gasteiger partial charge in [-0.15, -0.1) is 0 Å². The van der Waals surface area contributed by atoms with Crippen LogP contribution >= 0.6 is 0 Å². The zero-order chi connectivity index (χ0) is 6.69. The molecule has 1 saturated heterocycles. The molecular formula is C6H10NO2. The van der Waals surface area contributed by atoms with E-state index < -0.39 is 0 Å². The highest BCUT2D eigenvalue weighted by molar-refractivity contribution is 5.47. The van der Waals surface area contributed by atoms with Gasteiger partial charge in [-0.1, -0.05) is 0 Å². The molecule has 1 rings (SSSR count). The molecule has 51 valence electrons. The fourth-order valence-electron chi connectivity index (χ4n) is 0.838. The molecule has 0 aromatic heterocycles. The Morgan fingerprint density at radius 1 is 1.78 bits per heavy atom. The Balaban J connectivity index is 2.31. The predicted octanol–water partition coefficient (Wildman–Crippen LogP) is -0.322. The molecule has 1 fully saturated rings. The van der Waals surface area contributed by atoms with Gasteiger partial charge in [0, 0.05) is 13.1 Å². The Labute approximate surface area is 54.6 Å². The summed E-state index contributed by atoms with van der Waals surface area (Å²) in [7, 11) is 0. The largest absolute Gasteiger partial charge is 0.375 e. The van der Waals surface area contributed by atoms with Crippen molar-refractivity contribution in [1.82, 2.24) is 4.90 Å². The first-order chi connectivity index (χ1) is 4.33. The average molecular weight is 128 g/mol. The second-order valence-corrected chi connectivity index (χ2v) is 2.09. The lowest BCUT2D eigenvalue weighted by Crippen LogP contribution is -2.40. The van der Waals surface area contributed by atoms with Crippen LogP contribution in [0, 0.1) is 6.92 Å². The van der Waals surface area contributed by atoms with Gasteiger partial charge in [0.05, 0.1) is 12.7 Å². The first-order valence-electron chi connectivity index (χ1n) is 2.97. The van der Waals surface area contributed by atoms with Crippen LogP contribution in [0.15, 0.2) is 0 Å². The van der Waals surface area contributed by atoms with E-state index in [-0.39, 0.29) is 6.10 Å². The molecule has 0 bridgehead atoms. The molecule has 3 heteroatoms. The number of nitrogens with zero attached hydrogens (tertiary/aromatic N) is 1. The molecular weight excluding hydrogens is 118 g/mol. The maximum Gasteiger partial charge on any atom is 0.209 e. The second kappa shape index (κ2) is 2.82. The molecule has 1 amide bonds. The molecule has 3 nitrogen and oxygen atoms in total. The van der Waals surface area contributed by atoms with E-state index >= 15 is 0 Å². The second-order valence-electron chi connectivity index (χ2n) is 2.09. The zero-order valence-electron chi connectivity index (χ0n) is 5.25.